The van der Waals surface area contributed by atoms with Gasteiger partial charge in [0.25, 0.3) is 0 Å². The zero-order valence-corrected chi connectivity index (χ0v) is 11.7. The molecule has 2 saturated carbocycles. The number of amides is 2. The van der Waals surface area contributed by atoms with Gasteiger partial charge in [-0.05, 0) is 53.9 Å². The van der Waals surface area contributed by atoms with E-state index in [4.69, 9.17) is 0 Å². The number of aliphatic hydroxyl groups excluding tert-OH is 1. The number of carbonyl (C=O) groups is 1. The van der Waals surface area contributed by atoms with Crippen LogP contribution in [0.15, 0.2) is 18.2 Å². The van der Waals surface area contributed by atoms with Crippen LogP contribution in [0.25, 0.3) is 0 Å². The topological polar surface area (TPSA) is 52.6 Å². The number of carbonyl (C=O) groups excluding carboxylic acids is 1. The van der Waals surface area contributed by atoms with E-state index in [-0.39, 0.29) is 12.1 Å². The van der Waals surface area contributed by atoms with Crippen LogP contribution in [-0.2, 0) is 6.54 Å². The molecule has 0 bridgehead atoms. The van der Waals surface area contributed by atoms with Crippen molar-refractivity contribution in [3.05, 3.63) is 29.3 Å². The minimum atomic E-state index is -0.335. The lowest BCUT2D eigenvalue weighted by molar-refractivity contribution is 0.137. The molecule has 1 aromatic rings. The molecule has 4 heteroatoms. The van der Waals surface area contributed by atoms with E-state index in [0.717, 1.165) is 28.7 Å². The number of rotatable bonds is 2. The Hall–Kier alpha value is -1.55. The Balaban J connectivity index is 1.58. The predicted octanol–water partition coefficient (Wildman–Crippen LogP) is 2.74. The summed E-state index contributed by atoms with van der Waals surface area (Å²) in [5.41, 5.74) is 2.97. The number of benzene rings is 1. The van der Waals surface area contributed by atoms with Crippen molar-refractivity contribution in [2.24, 2.45) is 17.8 Å². The third-order valence-electron chi connectivity index (χ3n) is 5.30. The quantitative estimate of drug-likeness (QED) is 0.869. The molecule has 0 radical (unpaired) electrons. The zero-order chi connectivity index (χ0) is 13.9. The number of fused-ring (bicyclic) bond motifs is 2. The summed E-state index contributed by atoms with van der Waals surface area (Å²) < 4.78 is 0. The van der Waals surface area contributed by atoms with Gasteiger partial charge in [-0.25, -0.2) is 4.79 Å². The highest BCUT2D eigenvalue weighted by molar-refractivity contribution is 5.92. The fraction of sp³-hybridized carbons (Fsp3) is 0.562. The van der Waals surface area contributed by atoms with Gasteiger partial charge in [0.2, 0.25) is 0 Å². The molecule has 2 amide bonds. The first-order chi connectivity index (χ1) is 9.65. The second-order valence-corrected chi connectivity index (χ2v) is 6.48. The molecule has 1 aliphatic heterocycles. The molecule has 0 aromatic heterocycles. The Morgan fingerprint density at radius 1 is 1.35 bits per heavy atom. The van der Waals surface area contributed by atoms with Gasteiger partial charge in [-0.2, -0.15) is 0 Å². The molecular formula is C16H20N2O2. The van der Waals surface area contributed by atoms with E-state index in [1.165, 1.54) is 19.3 Å². The Kier molecular flexibility index (Phi) is 2.58. The summed E-state index contributed by atoms with van der Waals surface area (Å²) >= 11 is 0. The van der Waals surface area contributed by atoms with Crippen molar-refractivity contribution >= 4 is 11.7 Å². The van der Waals surface area contributed by atoms with Gasteiger partial charge in [-0.15, -0.1) is 0 Å². The van der Waals surface area contributed by atoms with Crippen molar-refractivity contribution in [2.75, 3.05) is 12.4 Å². The van der Waals surface area contributed by atoms with Crippen molar-refractivity contribution in [2.45, 2.75) is 31.9 Å². The molecule has 3 atom stereocenters. The zero-order valence-electron chi connectivity index (χ0n) is 11.7. The SMILES string of the molecule is CN1Cc2cc(C(O)C3C4CCCC43)ccc2NC1=O. The highest BCUT2D eigenvalue weighted by Crippen LogP contribution is 2.62. The van der Waals surface area contributed by atoms with Crippen molar-refractivity contribution in [1.82, 2.24) is 4.90 Å². The average Bonchev–Trinajstić information content (AvgIpc) is 2.91. The summed E-state index contributed by atoms with van der Waals surface area (Å²) in [6.07, 6.45) is 3.57. The van der Waals surface area contributed by atoms with E-state index in [2.05, 4.69) is 11.4 Å². The summed E-state index contributed by atoms with van der Waals surface area (Å²) in [6.45, 7) is 0.610. The summed E-state index contributed by atoms with van der Waals surface area (Å²) in [7, 11) is 1.78. The molecule has 106 valence electrons. The molecule has 1 aromatic carbocycles. The highest BCUT2D eigenvalue weighted by Gasteiger charge is 2.55. The standard InChI is InChI=1S/C16H20N2O2/c1-18-8-10-7-9(5-6-13(10)17-16(18)20)15(19)14-11-3-2-4-12(11)14/h5-7,11-12,14-15,19H,2-4,8H2,1H3,(H,17,20). The summed E-state index contributed by atoms with van der Waals surface area (Å²) in [5.74, 6) is 1.98. The molecule has 3 unspecified atom stereocenters. The Bertz CT molecular complexity index is 562. The van der Waals surface area contributed by atoms with Gasteiger partial charge in [-0.1, -0.05) is 12.5 Å². The second-order valence-electron chi connectivity index (χ2n) is 6.48. The average molecular weight is 272 g/mol. The molecule has 4 rings (SSSR count). The number of hydrogen-bond donors (Lipinski definition) is 2. The summed E-state index contributed by atoms with van der Waals surface area (Å²) in [6, 6.07) is 5.88. The number of aliphatic hydroxyl groups is 1. The van der Waals surface area contributed by atoms with Gasteiger partial charge in [0.1, 0.15) is 0 Å². The Morgan fingerprint density at radius 2 is 2.10 bits per heavy atom. The minimum Gasteiger partial charge on any atom is -0.388 e. The molecule has 0 spiro atoms. The van der Waals surface area contributed by atoms with E-state index in [1.807, 2.05) is 12.1 Å². The van der Waals surface area contributed by atoms with E-state index in [9.17, 15) is 9.90 Å². The van der Waals surface area contributed by atoms with Crippen LogP contribution in [0, 0.1) is 17.8 Å². The molecule has 2 N–H and O–H groups in total. The monoisotopic (exact) mass is 272 g/mol. The molecule has 2 fully saturated rings. The Labute approximate surface area is 118 Å². The minimum absolute atomic E-state index is 0.0671. The smallest absolute Gasteiger partial charge is 0.321 e. The molecule has 0 saturated heterocycles. The van der Waals surface area contributed by atoms with Crippen LogP contribution in [0.2, 0.25) is 0 Å². The maximum atomic E-state index is 11.6. The van der Waals surface area contributed by atoms with Crippen molar-refractivity contribution in [1.29, 1.82) is 0 Å². The van der Waals surface area contributed by atoms with Gasteiger partial charge in [-0.3, -0.25) is 0 Å². The van der Waals surface area contributed by atoms with Gasteiger partial charge in [0.15, 0.2) is 0 Å². The molecule has 20 heavy (non-hydrogen) atoms. The number of urea groups is 1. The Morgan fingerprint density at radius 3 is 2.85 bits per heavy atom. The first kappa shape index (κ1) is 12.2. The molecule has 3 aliphatic rings. The van der Waals surface area contributed by atoms with E-state index in [0.29, 0.717) is 12.5 Å². The normalized spacial score (nSPS) is 32.4. The maximum absolute atomic E-state index is 11.6. The van der Waals surface area contributed by atoms with Crippen molar-refractivity contribution in [3.63, 3.8) is 0 Å². The van der Waals surface area contributed by atoms with E-state index >= 15 is 0 Å². The van der Waals surface area contributed by atoms with Gasteiger partial charge in [0, 0.05) is 19.3 Å². The molecule has 1 heterocycles. The van der Waals surface area contributed by atoms with Gasteiger partial charge < -0.3 is 15.3 Å². The third kappa shape index (κ3) is 1.74. The lowest BCUT2D eigenvalue weighted by Crippen LogP contribution is -2.35. The number of hydrogen-bond acceptors (Lipinski definition) is 2. The fourth-order valence-electron chi connectivity index (χ4n) is 4.16. The molecule has 2 aliphatic carbocycles. The lowest BCUT2D eigenvalue weighted by atomic mass is 9.97. The van der Waals surface area contributed by atoms with Crippen LogP contribution in [0.4, 0.5) is 10.5 Å². The maximum Gasteiger partial charge on any atom is 0.321 e. The number of nitrogens with zero attached hydrogens (tertiary/aromatic N) is 1. The van der Waals surface area contributed by atoms with Crippen LogP contribution in [0.5, 0.6) is 0 Å². The van der Waals surface area contributed by atoms with Crippen LogP contribution < -0.4 is 5.32 Å². The first-order valence-electron chi connectivity index (χ1n) is 7.48. The largest absolute Gasteiger partial charge is 0.388 e. The van der Waals surface area contributed by atoms with Crippen LogP contribution in [-0.4, -0.2) is 23.1 Å². The van der Waals surface area contributed by atoms with Crippen LogP contribution in [0.1, 0.15) is 36.5 Å². The first-order valence-corrected chi connectivity index (χ1v) is 7.48. The van der Waals surface area contributed by atoms with Crippen LogP contribution >= 0.6 is 0 Å². The second kappa shape index (κ2) is 4.22. The summed E-state index contributed by atoms with van der Waals surface area (Å²) in [5, 5.41) is 13.5. The molecule has 4 nitrogen and oxygen atoms in total. The third-order valence-corrected chi connectivity index (χ3v) is 5.30. The van der Waals surface area contributed by atoms with Gasteiger partial charge in [0.05, 0.1) is 6.10 Å². The lowest BCUT2D eigenvalue weighted by Gasteiger charge is -2.27. The highest BCUT2D eigenvalue weighted by atomic mass is 16.3. The van der Waals surface area contributed by atoms with Gasteiger partial charge >= 0.3 is 6.03 Å². The molecular weight excluding hydrogens is 252 g/mol. The van der Waals surface area contributed by atoms with Crippen molar-refractivity contribution in [3.8, 4) is 0 Å². The van der Waals surface area contributed by atoms with Crippen molar-refractivity contribution < 1.29 is 9.90 Å². The summed E-state index contributed by atoms with van der Waals surface area (Å²) in [4.78, 5) is 13.2. The van der Waals surface area contributed by atoms with E-state index in [1.54, 1.807) is 11.9 Å². The number of anilines is 1. The van der Waals surface area contributed by atoms with E-state index < -0.39 is 0 Å². The fourth-order valence-corrected chi connectivity index (χ4v) is 4.16. The number of nitrogens with one attached hydrogen (secondary N) is 1. The van der Waals surface area contributed by atoms with Crippen LogP contribution in [0.3, 0.4) is 0 Å². The predicted molar refractivity (Wildman–Crippen MR) is 76.2 cm³/mol.